The lowest BCUT2D eigenvalue weighted by molar-refractivity contribution is -0.132. The molecule has 0 radical (unpaired) electrons. The number of methoxy groups -OCH3 is 1. The number of phenolic OH excluding ortho intramolecular Hbond substituents is 1. The molecule has 4 aliphatic rings. The van der Waals surface area contributed by atoms with Crippen molar-refractivity contribution in [3.8, 4) is 34.8 Å². The van der Waals surface area contributed by atoms with Crippen molar-refractivity contribution in [3.63, 3.8) is 0 Å². The summed E-state index contributed by atoms with van der Waals surface area (Å²) in [5.41, 5.74) is 5.56. The molecule has 48 heavy (non-hydrogen) atoms. The minimum absolute atomic E-state index is 0.00941. The van der Waals surface area contributed by atoms with Crippen molar-refractivity contribution in [1.82, 2.24) is 15.1 Å². The lowest BCUT2D eigenvalue weighted by atomic mass is 9.71. The summed E-state index contributed by atoms with van der Waals surface area (Å²) in [6, 6.07) is 12.1. The molecule has 4 heterocycles. The standard InChI is InChI=1S/C37H38N4O7/c1-19-13-23-14-25-27(16-38)41-26(32(40(25)4)30(23)33(44)34(19)45-5)15-24-31(37-36(46-18-47-37)20(2)35(24)48-21(3)42)28(41)17-39-29(43)12-11-22-9-7-6-8-10-22/h6-13,25-28,32,44H,14-15,17-18H2,1-5H3,(H,39,43)/b12-11+/t25-,26?,27?,28+,32+/m1/s1. The van der Waals surface area contributed by atoms with Gasteiger partial charge in [0.05, 0.1) is 25.3 Å². The fourth-order valence-electron chi connectivity index (χ4n) is 8.30. The number of phenols is 1. The molecule has 1 amide bonds. The second kappa shape index (κ2) is 12.2. The zero-order valence-corrected chi connectivity index (χ0v) is 27.6. The van der Waals surface area contributed by atoms with Crippen molar-refractivity contribution in [2.75, 3.05) is 27.5 Å². The second-order valence-electron chi connectivity index (χ2n) is 12.8. The van der Waals surface area contributed by atoms with Gasteiger partial charge < -0.3 is 29.4 Å². The van der Waals surface area contributed by atoms with Gasteiger partial charge in [-0.15, -0.1) is 0 Å². The Morgan fingerprint density at radius 1 is 1.10 bits per heavy atom. The Hall–Kier alpha value is -5.05. The van der Waals surface area contributed by atoms with Crippen molar-refractivity contribution in [1.29, 1.82) is 5.26 Å². The van der Waals surface area contributed by atoms with Crippen LogP contribution < -0.4 is 24.3 Å². The molecule has 2 N–H and O–H groups in total. The molecular weight excluding hydrogens is 612 g/mol. The molecule has 2 unspecified atom stereocenters. The van der Waals surface area contributed by atoms with E-state index >= 15 is 0 Å². The Balaban J connectivity index is 1.39. The Bertz CT molecular complexity index is 1890. The molecule has 1 fully saturated rings. The Morgan fingerprint density at radius 2 is 1.85 bits per heavy atom. The molecule has 0 spiro atoms. The van der Waals surface area contributed by atoms with Gasteiger partial charge in [0.15, 0.2) is 23.0 Å². The summed E-state index contributed by atoms with van der Waals surface area (Å²) in [7, 11) is 3.53. The average molecular weight is 651 g/mol. The van der Waals surface area contributed by atoms with Crippen molar-refractivity contribution < 1.29 is 33.6 Å². The van der Waals surface area contributed by atoms with Gasteiger partial charge in [0.2, 0.25) is 12.7 Å². The normalized spacial score (nSPS) is 23.9. The Morgan fingerprint density at radius 3 is 2.56 bits per heavy atom. The Labute approximate surface area is 279 Å². The van der Waals surface area contributed by atoms with Crippen LogP contribution in [0.25, 0.3) is 6.08 Å². The highest BCUT2D eigenvalue weighted by molar-refractivity contribution is 5.91. The van der Waals surface area contributed by atoms with Crippen LogP contribution in [-0.2, 0) is 22.4 Å². The number of nitrogens with zero attached hydrogens (tertiary/aromatic N) is 3. The number of ether oxygens (including phenoxy) is 4. The first kappa shape index (κ1) is 31.5. The van der Waals surface area contributed by atoms with E-state index in [-0.39, 0.29) is 43.1 Å². The first-order valence-electron chi connectivity index (χ1n) is 16.1. The maximum atomic E-state index is 13.3. The van der Waals surface area contributed by atoms with E-state index in [1.807, 2.05) is 57.3 Å². The SMILES string of the molecule is COc1c(C)cc2c(c1O)[C@@H]1C3Cc4c(OC(C)=O)c(C)c5c(c4[C@H](CNC(=O)/C=C/c4ccccc4)N3C(C#N)[C@@H](C2)N1C)OCO5. The highest BCUT2D eigenvalue weighted by atomic mass is 16.7. The Kier molecular flexibility index (Phi) is 8.01. The van der Waals surface area contributed by atoms with Gasteiger partial charge in [0, 0.05) is 53.9 Å². The lowest BCUT2D eigenvalue weighted by Gasteiger charge is -2.60. The number of benzene rings is 3. The molecule has 0 saturated carbocycles. The van der Waals surface area contributed by atoms with Crippen LogP contribution in [0.1, 0.15) is 58.0 Å². The lowest BCUT2D eigenvalue weighted by Crippen LogP contribution is -2.68. The maximum absolute atomic E-state index is 13.3. The number of rotatable bonds is 6. The minimum atomic E-state index is -0.583. The zero-order valence-electron chi connectivity index (χ0n) is 27.6. The molecular formula is C37H38N4O7. The molecule has 0 aliphatic carbocycles. The van der Waals surface area contributed by atoms with Gasteiger partial charge >= 0.3 is 5.97 Å². The summed E-state index contributed by atoms with van der Waals surface area (Å²) in [4.78, 5) is 30.1. The fraction of sp³-hybridized carbons (Fsp3) is 0.378. The van der Waals surface area contributed by atoms with Crippen LogP contribution in [0.5, 0.6) is 28.7 Å². The molecule has 1 saturated heterocycles. The highest BCUT2D eigenvalue weighted by Crippen LogP contribution is 2.58. The molecule has 3 aromatic rings. The van der Waals surface area contributed by atoms with Crippen molar-refractivity contribution >= 4 is 18.0 Å². The summed E-state index contributed by atoms with van der Waals surface area (Å²) in [6.07, 6.45) is 4.15. The number of nitrogens with one attached hydrogen (secondary N) is 1. The number of aromatic hydroxyl groups is 1. The average Bonchev–Trinajstić information content (AvgIpc) is 3.56. The van der Waals surface area contributed by atoms with Gasteiger partial charge in [-0.2, -0.15) is 5.26 Å². The number of hydrogen-bond donors (Lipinski definition) is 2. The first-order valence-corrected chi connectivity index (χ1v) is 16.1. The minimum Gasteiger partial charge on any atom is -0.504 e. The number of nitriles is 1. The second-order valence-corrected chi connectivity index (χ2v) is 12.8. The summed E-state index contributed by atoms with van der Waals surface area (Å²) >= 11 is 0. The predicted octanol–water partition coefficient (Wildman–Crippen LogP) is 4.27. The number of carbonyl (C=O) groups excluding carboxylic acids is 2. The quantitative estimate of drug-likeness (QED) is 0.226. The van der Waals surface area contributed by atoms with Gasteiger partial charge in [0.25, 0.3) is 0 Å². The summed E-state index contributed by atoms with van der Waals surface area (Å²) in [5.74, 6) is 1.12. The van der Waals surface area contributed by atoms with Crippen LogP contribution in [-0.4, -0.2) is 72.4 Å². The number of hydrogen-bond acceptors (Lipinski definition) is 10. The monoisotopic (exact) mass is 650 g/mol. The van der Waals surface area contributed by atoms with Gasteiger partial charge in [-0.25, -0.2) is 0 Å². The molecule has 11 heteroatoms. The van der Waals surface area contributed by atoms with Crippen LogP contribution in [0.15, 0.2) is 42.5 Å². The topological polar surface area (TPSA) is 134 Å². The molecule has 7 rings (SSSR count). The van der Waals surface area contributed by atoms with Crippen LogP contribution in [0, 0.1) is 25.2 Å². The molecule has 248 valence electrons. The van der Waals surface area contributed by atoms with Crippen molar-refractivity contribution in [3.05, 3.63) is 81.4 Å². The third-order valence-electron chi connectivity index (χ3n) is 10.2. The zero-order chi connectivity index (χ0) is 33.9. The number of likely N-dealkylation sites (N-methyl/N-ethyl adjacent to an activating group) is 1. The molecule has 2 bridgehead atoms. The first-order chi connectivity index (χ1) is 23.1. The van der Waals surface area contributed by atoms with Crippen molar-refractivity contribution in [2.24, 2.45) is 0 Å². The van der Waals surface area contributed by atoms with Crippen LogP contribution in [0.4, 0.5) is 0 Å². The molecule has 3 aromatic carbocycles. The van der Waals surface area contributed by atoms with Gasteiger partial charge in [0.1, 0.15) is 11.8 Å². The van der Waals surface area contributed by atoms with Crippen LogP contribution >= 0.6 is 0 Å². The van der Waals surface area contributed by atoms with Gasteiger partial charge in [-0.05, 0) is 56.5 Å². The molecule has 4 aliphatic heterocycles. The van der Waals surface area contributed by atoms with Gasteiger partial charge in [-0.3, -0.25) is 19.4 Å². The van der Waals surface area contributed by atoms with Crippen LogP contribution in [0.2, 0.25) is 0 Å². The molecule has 11 nitrogen and oxygen atoms in total. The van der Waals surface area contributed by atoms with Gasteiger partial charge in [-0.1, -0.05) is 36.4 Å². The van der Waals surface area contributed by atoms with E-state index in [4.69, 9.17) is 18.9 Å². The summed E-state index contributed by atoms with van der Waals surface area (Å²) in [6.45, 7) is 5.22. The number of amides is 1. The van der Waals surface area contributed by atoms with E-state index in [1.54, 1.807) is 13.2 Å². The number of fused-ring (bicyclic) bond motifs is 9. The number of piperazine rings is 1. The summed E-state index contributed by atoms with van der Waals surface area (Å²) in [5, 5.41) is 25.6. The smallest absolute Gasteiger partial charge is 0.308 e. The van der Waals surface area contributed by atoms with E-state index in [1.165, 1.54) is 13.0 Å². The largest absolute Gasteiger partial charge is 0.504 e. The van der Waals surface area contributed by atoms with Crippen molar-refractivity contribution in [2.45, 2.75) is 63.8 Å². The van der Waals surface area contributed by atoms with E-state index < -0.39 is 18.1 Å². The van der Waals surface area contributed by atoms with Crippen LogP contribution in [0.3, 0.4) is 0 Å². The summed E-state index contributed by atoms with van der Waals surface area (Å²) < 4.78 is 23.5. The van der Waals surface area contributed by atoms with E-state index in [0.717, 1.165) is 33.4 Å². The van der Waals surface area contributed by atoms with E-state index in [2.05, 4.69) is 21.2 Å². The van der Waals surface area contributed by atoms with E-state index in [0.29, 0.717) is 41.4 Å². The number of aryl methyl sites for hydroxylation is 1. The maximum Gasteiger partial charge on any atom is 0.308 e. The fourth-order valence-corrected chi connectivity index (χ4v) is 8.30. The third-order valence-corrected chi connectivity index (χ3v) is 10.2. The highest BCUT2D eigenvalue weighted by Gasteiger charge is 2.56. The molecule has 0 aromatic heterocycles. The third kappa shape index (κ3) is 4.95. The predicted molar refractivity (Wildman–Crippen MR) is 176 cm³/mol. The number of esters is 1. The number of carbonyl (C=O) groups is 2. The van der Waals surface area contributed by atoms with E-state index in [9.17, 15) is 20.0 Å². The molecule has 5 atom stereocenters.